The molecule has 0 aliphatic heterocycles. The van der Waals surface area contributed by atoms with Gasteiger partial charge in [0.1, 0.15) is 0 Å². The highest BCUT2D eigenvalue weighted by Gasteiger charge is 2.19. The van der Waals surface area contributed by atoms with E-state index >= 15 is 0 Å². The van der Waals surface area contributed by atoms with Crippen LogP contribution in [0.5, 0.6) is 5.88 Å². The van der Waals surface area contributed by atoms with Gasteiger partial charge in [-0.15, -0.1) is 0 Å². The molecule has 30 heavy (non-hydrogen) atoms. The Bertz CT molecular complexity index is 1160. The molecule has 0 saturated heterocycles. The van der Waals surface area contributed by atoms with E-state index in [9.17, 15) is 4.79 Å². The van der Waals surface area contributed by atoms with Gasteiger partial charge in [-0.25, -0.2) is 4.98 Å². The number of ether oxygens (including phenoxy) is 1. The van der Waals surface area contributed by atoms with Gasteiger partial charge in [-0.05, 0) is 49.4 Å². The van der Waals surface area contributed by atoms with E-state index in [1.165, 1.54) is 19.3 Å². The number of H-pyrrole nitrogens is 1. The highest BCUT2D eigenvalue weighted by molar-refractivity contribution is 6.02. The number of fused-ring (bicyclic) bond motifs is 1. The van der Waals surface area contributed by atoms with Gasteiger partial charge in [-0.1, -0.05) is 31.4 Å². The Kier molecular flexibility index (Phi) is 5.57. The fourth-order valence-electron chi connectivity index (χ4n) is 4.58. The maximum atomic E-state index is 12.7. The molecule has 1 fully saturated rings. The van der Waals surface area contributed by atoms with Crippen molar-refractivity contribution in [3.05, 3.63) is 51.4 Å². The fourth-order valence-corrected chi connectivity index (χ4v) is 4.58. The first-order valence-electron chi connectivity index (χ1n) is 10.5. The Labute approximate surface area is 176 Å². The minimum Gasteiger partial charge on any atom is -0.481 e. The van der Waals surface area contributed by atoms with Crippen molar-refractivity contribution in [2.24, 2.45) is 0 Å². The lowest BCUT2D eigenvalue weighted by molar-refractivity contribution is 0.394. The van der Waals surface area contributed by atoms with Crippen molar-refractivity contribution < 1.29 is 4.74 Å². The predicted molar refractivity (Wildman–Crippen MR) is 122 cm³/mol. The summed E-state index contributed by atoms with van der Waals surface area (Å²) in [6.07, 6.45) is 8.82. The van der Waals surface area contributed by atoms with E-state index < -0.39 is 0 Å². The van der Waals surface area contributed by atoms with Crippen molar-refractivity contribution in [1.29, 1.82) is 5.41 Å². The summed E-state index contributed by atoms with van der Waals surface area (Å²) in [6, 6.07) is 6.45. The SMILES string of the molecule is COc1ncc(C)c(-c2ccc3c(NC4CCCCC4)c(C=N)c(=O)[nH]c3c2)c1C. The van der Waals surface area contributed by atoms with Crippen molar-refractivity contribution in [2.75, 3.05) is 12.4 Å². The Morgan fingerprint density at radius 1 is 1.23 bits per heavy atom. The largest absolute Gasteiger partial charge is 0.481 e. The minimum absolute atomic E-state index is 0.242. The molecule has 0 spiro atoms. The van der Waals surface area contributed by atoms with Crippen LogP contribution < -0.4 is 15.6 Å². The van der Waals surface area contributed by atoms with Crippen LogP contribution >= 0.6 is 0 Å². The predicted octanol–water partition coefficient (Wildman–Crippen LogP) is 4.96. The second kappa shape index (κ2) is 8.30. The number of nitrogens with one attached hydrogen (secondary N) is 3. The molecule has 1 saturated carbocycles. The summed E-state index contributed by atoms with van der Waals surface area (Å²) in [5.41, 5.74) is 5.75. The van der Waals surface area contributed by atoms with Crippen LogP contribution in [-0.4, -0.2) is 29.3 Å². The van der Waals surface area contributed by atoms with E-state index in [2.05, 4.69) is 21.4 Å². The first-order valence-corrected chi connectivity index (χ1v) is 10.5. The third-order valence-corrected chi connectivity index (χ3v) is 6.10. The first-order chi connectivity index (χ1) is 14.5. The molecule has 0 unspecified atom stereocenters. The standard InChI is InChI=1S/C24H28N4O2/c1-14-13-26-24(30-3)15(2)21(14)16-9-10-18-20(11-16)28-23(29)19(12-25)22(18)27-17-7-5-4-6-8-17/h9-13,17,25H,4-8H2,1-3H3,(H2,27,28,29). The van der Waals surface area contributed by atoms with Crippen LogP contribution in [0.2, 0.25) is 0 Å². The molecule has 0 bridgehead atoms. The molecule has 0 amide bonds. The first kappa shape index (κ1) is 20.1. The van der Waals surface area contributed by atoms with Gasteiger partial charge in [-0.2, -0.15) is 0 Å². The molecule has 1 aromatic carbocycles. The van der Waals surface area contributed by atoms with Gasteiger partial charge < -0.3 is 20.4 Å². The summed E-state index contributed by atoms with van der Waals surface area (Å²) in [4.78, 5) is 20.0. The van der Waals surface area contributed by atoms with Crippen molar-refractivity contribution in [2.45, 2.75) is 52.0 Å². The summed E-state index contributed by atoms with van der Waals surface area (Å²) >= 11 is 0. The summed E-state index contributed by atoms with van der Waals surface area (Å²) in [7, 11) is 1.62. The van der Waals surface area contributed by atoms with Gasteiger partial charge in [0.15, 0.2) is 0 Å². The van der Waals surface area contributed by atoms with E-state index in [-0.39, 0.29) is 5.56 Å². The number of hydrogen-bond donors (Lipinski definition) is 3. The van der Waals surface area contributed by atoms with Gasteiger partial charge in [-0.3, -0.25) is 4.79 Å². The Morgan fingerprint density at radius 2 is 2.00 bits per heavy atom. The van der Waals surface area contributed by atoms with Crippen molar-refractivity contribution >= 4 is 22.8 Å². The van der Waals surface area contributed by atoms with Gasteiger partial charge >= 0.3 is 0 Å². The lowest BCUT2D eigenvalue weighted by atomic mass is 9.94. The number of hydrogen-bond acceptors (Lipinski definition) is 5. The number of rotatable bonds is 5. The molecule has 1 aliphatic carbocycles. The molecule has 0 atom stereocenters. The maximum absolute atomic E-state index is 12.7. The average molecular weight is 405 g/mol. The molecule has 4 rings (SSSR count). The van der Waals surface area contributed by atoms with Gasteiger partial charge in [0, 0.05) is 29.4 Å². The second-order valence-electron chi connectivity index (χ2n) is 8.08. The molecule has 2 heterocycles. The number of aromatic amines is 1. The zero-order valence-corrected chi connectivity index (χ0v) is 17.8. The summed E-state index contributed by atoms with van der Waals surface area (Å²) in [5, 5.41) is 12.3. The molecule has 2 aromatic heterocycles. The average Bonchev–Trinajstić information content (AvgIpc) is 2.74. The van der Waals surface area contributed by atoms with Crippen LogP contribution in [0.25, 0.3) is 22.0 Å². The highest BCUT2D eigenvalue weighted by atomic mass is 16.5. The number of aromatic nitrogens is 2. The molecule has 0 radical (unpaired) electrons. The van der Waals surface area contributed by atoms with Gasteiger partial charge in [0.25, 0.3) is 5.56 Å². The summed E-state index contributed by atoms with van der Waals surface area (Å²) in [6.45, 7) is 4.02. The molecule has 3 N–H and O–H groups in total. The van der Waals surface area contributed by atoms with Crippen molar-refractivity contribution in [3.63, 3.8) is 0 Å². The Morgan fingerprint density at radius 3 is 2.70 bits per heavy atom. The van der Waals surface area contributed by atoms with E-state index in [0.717, 1.165) is 57.9 Å². The van der Waals surface area contributed by atoms with Crippen molar-refractivity contribution in [1.82, 2.24) is 9.97 Å². The molecule has 6 nitrogen and oxygen atoms in total. The number of anilines is 1. The van der Waals surface area contributed by atoms with E-state index in [4.69, 9.17) is 10.1 Å². The molecule has 156 valence electrons. The topological polar surface area (TPSA) is 90.9 Å². The number of aryl methyl sites for hydroxylation is 1. The Hall–Kier alpha value is -3.15. The molecular weight excluding hydrogens is 376 g/mol. The lowest BCUT2D eigenvalue weighted by Crippen LogP contribution is -2.25. The van der Waals surface area contributed by atoms with Gasteiger partial charge in [0.05, 0.1) is 23.9 Å². The van der Waals surface area contributed by atoms with Crippen molar-refractivity contribution in [3.8, 4) is 17.0 Å². The number of methoxy groups -OCH3 is 1. The maximum Gasteiger partial charge on any atom is 0.259 e. The normalized spacial score (nSPS) is 14.6. The van der Waals surface area contributed by atoms with Crippen LogP contribution in [-0.2, 0) is 0 Å². The number of nitrogens with zero attached hydrogens (tertiary/aromatic N) is 1. The lowest BCUT2D eigenvalue weighted by Gasteiger charge is -2.25. The number of pyridine rings is 2. The summed E-state index contributed by atoms with van der Waals surface area (Å²) in [5.74, 6) is 0.600. The second-order valence-corrected chi connectivity index (χ2v) is 8.08. The zero-order chi connectivity index (χ0) is 21.3. The third kappa shape index (κ3) is 3.58. The third-order valence-electron chi connectivity index (χ3n) is 6.10. The summed E-state index contributed by atoms with van der Waals surface area (Å²) < 4.78 is 5.40. The number of benzene rings is 1. The molecule has 1 aliphatic rings. The smallest absolute Gasteiger partial charge is 0.259 e. The van der Waals surface area contributed by atoms with Crippen LogP contribution in [0.4, 0.5) is 5.69 Å². The molecule has 3 aromatic rings. The molecular formula is C24H28N4O2. The van der Waals surface area contributed by atoms with E-state index in [1.54, 1.807) is 7.11 Å². The highest BCUT2D eigenvalue weighted by Crippen LogP contribution is 2.35. The monoisotopic (exact) mass is 404 g/mol. The Balaban J connectivity index is 1.87. The van der Waals surface area contributed by atoms with Crippen LogP contribution in [0.1, 0.15) is 48.8 Å². The van der Waals surface area contributed by atoms with Crippen LogP contribution in [0.3, 0.4) is 0 Å². The van der Waals surface area contributed by atoms with Gasteiger partial charge in [0.2, 0.25) is 5.88 Å². The van der Waals surface area contributed by atoms with Crippen LogP contribution in [0.15, 0.2) is 29.2 Å². The van der Waals surface area contributed by atoms with E-state index in [1.807, 2.05) is 32.2 Å². The fraction of sp³-hybridized carbons (Fsp3) is 0.375. The van der Waals surface area contributed by atoms with E-state index in [0.29, 0.717) is 17.5 Å². The van der Waals surface area contributed by atoms with Crippen LogP contribution in [0, 0.1) is 19.3 Å². The molecule has 6 heteroatoms. The minimum atomic E-state index is -0.242. The zero-order valence-electron chi connectivity index (χ0n) is 17.8. The quantitative estimate of drug-likeness (QED) is 0.524.